The molecule has 13 heavy (non-hydrogen) atoms. The first kappa shape index (κ1) is 9.44. The minimum Gasteiger partial charge on any atom is -0.395 e. The van der Waals surface area contributed by atoms with Crippen LogP contribution in [0.25, 0.3) is 0 Å². The number of aliphatic hydroxyl groups is 2. The molecule has 0 radical (unpaired) electrons. The predicted molar refractivity (Wildman–Crippen MR) is 50.5 cm³/mol. The maximum atomic E-state index is 9.74. The Kier molecular flexibility index (Phi) is 2.86. The molecule has 0 spiro atoms. The van der Waals surface area contributed by atoms with Gasteiger partial charge in [0.15, 0.2) is 0 Å². The molecular formula is C10H19NO2. The maximum Gasteiger partial charge on any atom is 0.0695 e. The van der Waals surface area contributed by atoms with Crippen molar-refractivity contribution in [3.63, 3.8) is 0 Å². The quantitative estimate of drug-likeness (QED) is 0.652. The molecule has 1 aliphatic heterocycles. The number of nitrogens with zero attached hydrogens (tertiary/aromatic N) is 1. The zero-order valence-electron chi connectivity index (χ0n) is 8.02. The molecule has 2 aliphatic rings. The third-order valence-electron chi connectivity index (χ3n) is 3.50. The van der Waals surface area contributed by atoms with E-state index < -0.39 is 0 Å². The van der Waals surface area contributed by atoms with Gasteiger partial charge in [-0.25, -0.2) is 0 Å². The van der Waals surface area contributed by atoms with Crippen molar-refractivity contribution in [3.05, 3.63) is 0 Å². The van der Waals surface area contributed by atoms with E-state index in [0.717, 1.165) is 32.2 Å². The van der Waals surface area contributed by atoms with Crippen LogP contribution in [0.1, 0.15) is 32.1 Å². The molecular weight excluding hydrogens is 166 g/mol. The number of rotatable bonds is 2. The van der Waals surface area contributed by atoms with Crippen molar-refractivity contribution in [1.82, 2.24) is 4.90 Å². The van der Waals surface area contributed by atoms with Crippen LogP contribution in [0.3, 0.4) is 0 Å². The molecule has 2 rings (SSSR count). The highest BCUT2D eigenvalue weighted by Crippen LogP contribution is 2.30. The van der Waals surface area contributed by atoms with Gasteiger partial charge in [-0.2, -0.15) is 0 Å². The van der Waals surface area contributed by atoms with Gasteiger partial charge in [0, 0.05) is 12.1 Å². The average molecular weight is 185 g/mol. The van der Waals surface area contributed by atoms with Crippen LogP contribution in [0.5, 0.6) is 0 Å². The van der Waals surface area contributed by atoms with E-state index in [9.17, 15) is 5.11 Å². The third-order valence-corrected chi connectivity index (χ3v) is 3.50. The molecule has 1 unspecified atom stereocenters. The van der Waals surface area contributed by atoms with Crippen molar-refractivity contribution in [2.75, 3.05) is 13.2 Å². The molecule has 1 saturated heterocycles. The molecule has 1 heterocycles. The molecule has 2 fully saturated rings. The second-order valence-corrected chi connectivity index (χ2v) is 4.28. The van der Waals surface area contributed by atoms with Crippen LogP contribution in [-0.4, -0.2) is 46.5 Å². The van der Waals surface area contributed by atoms with Crippen molar-refractivity contribution in [1.29, 1.82) is 0 Å². The van der Waals surface area contributed by atoms with Gasteiger partial charge in [-0.1, -0.05) is 0 Å². The molecule has 2 N–H and O–H groups in total. The van der Waals surface area contributed by atoms with Gasteiger partial charge >= 0.3 is 0 Å². The Morgan fingerprint density at radius 2 is 2.00 bits per heavy atom. The summed E-state index contributed by atoms with van der Waals surface area (Å²) >= 11 is 0. The lowest BCUT2D eigenvalue weighted by molar-refractivity contribution is 0.0456. The summed E-state index contributed by atoms with van der Waals surface area (Å²) in [5.41, 5.74) is 0. The summed E-state index contributed by atoms with van der Waals surface area (Å²) in [5, 5.41) is 18.9. The summed E-state index contributed by atoms with van der Waals surface area (Å²) in [6.07, 6.45) is 5.32. The molecule has 0 aromatic carbocycles. The van der Waals surface area contributed by atoms with Gasteiger partial charge in [-0.3, -0.25) is 4.90 Å². The first-order valence-corrected chi connectivity index (χ1v) is 5.37. The van der Waals surface area contributed by atoms with E-state index in [-0.39, 0.29) is 12.7 Å². The van der Waals surface area contributed by atoms with E-state index in [1.807, 2.05) is 0 Å². The minimum absolute atomic E-state index is 0.146. The van der Waals surface area contributed by atoms with E-state index in [2.05, 4.69) is 4.90 Å². The number of likely N-dealkylation sites (tertiary alicyclic amines) is 1. The highest BCUT2D eigenvalue weighted by Gasteiger charge is 2.36. The average Bonchev–Trinajstić information content (AvgIpc) is 2.71. The predicted octanol–water partition coefficient (Wildman–Crippen LogP) is 0.356. The summed E-state index contributed by atoms with van der Waals surface area (Å²) in [6, 6.07) is 0.650. The molecule has 1 saturated carbocycles. The van der Waals surface area contributed by atoms with Crippen molar-refractivity contribution in [2.45, 2.75) is 50.3 Å². The first-order valence-electron chi connectivity index (χ1n) is 5.37. The zero-order chi connectivity index (χ0) is 9.26. The van der Waals surface area contributed by atoms with Gasteiger partial charge in [-0.05, 0) is 38.6 Å². The fraction of sp³-hybridized carbons (Fsp3) is 1.00. The van der Waals surface area contributed by atoms with Crippen molar-refractivity contribution in [3.8, 4) is 0 Å². The van der Waals surface area contributed by atoms with E-state index in [4.69, 9.17) is 5.11 Å². The monoisotopic (exact) mass is 185 g/mol. The van der Waals surface area contributed by atoms with Gasteiger partial charge in [0.2, 0.25) is 0 Å². The lowest BCUT2D eigenvalue weighted by atomic mass is 10.1. The standard InChI is InChI=1S/C10H19NO2/c12-7-8-3-2-6-11(8)9-4-1-5-10(9)13/h8-10,12-13H,1-7H2/t8?,9-,10-/m0/s1. The highest BCUT2D eigenvalue weighted by molar-refractivity contribution is 4.91. The smallest absolute Gasteiger partial charge is 0.0695 e. The van der Waals surface area contributed by atoms with Crippen molar-refractivity contribution < 1.29 is 10.2 Å². The Morgan fingerprint density at radius 1 is 1.15 bits per heavy atom. The SMILES string of the molecule is OCC1CCCN1[C@H]1CCC[C@@H]1O. The zero-order valence-corrected chi connectivity index (χ0v) is 8.02. The van der Waals surface area contributed by atoms with Gasteiger partial charge in [0.1, 0.15) is 0 Å². The molecule has 0 bridgehead atoms. The van der Waals surface area contributed by atoms with Crippen LogP contribution in [0, 0.1) is 0 Å². The van der Waals surface area contributed by atoms with Crippen LogP contribution < -0.4 is 0 Å². The summed E-state index contributed by atoms with van der Waals surface area (Å²) in [6.45, 7) is 1.32. The largest absolute Gasteiger partial charge is 0.395 e. The van der Waals surface area contributed by atoms with E-state index in [1.165, 1.54) is 6.42 Å². The Balaban J connectivity index is 1.98. The second-order valence-electron chi connectivity index (χ2n) is 4.28. The molecule has 1 aliphatic carbocycles. The van der Waals surface area contributed by atoms with Crippen LogP contribution in [0.4, 0.5) is 0 Å². The Labute approximate surface area is 79.4 Å². The van der Waals surface area contributed by atoms with Gasteiger partial charge < -0.3 is 10.2 Å². The van der Waals surface area contributed by atoms with Crippen LogP contribution in [0.15, 0.2) is 0 Å². The lowest BCUT2D eigenvalue weighted by Gasteiger charge is -2.31. The van der Waals surface area contributed by atoms with Gasteiger partial charge in [-0.15, -0.1) is 0 Å². The van der Waals surface area contributed by atoms with Gasteiger partial charge in [0.25, 0.3) is 0 Å². The summed E-state index contributed by atoms with van der Waals surface area (Å²) in [4.78, 5) is 2.32. The molecule has 76 valence electrons. The van der Waals surface area contributed by atoms with Crippen LogP contribution >= 0.6 is 0 Å². The summed E-state index contributed by atoms with van der Waals surface area (Å²) in [5.74, 6) is 0. The molecule has 3 heteroatoms. The molecule has 3 nitrogen and oxygen atoms in total. The van der Waals surface area contributed by atoms with E-state index >= 15 is 0 Å². The molecule has 3 atom stereocenters. The number of hydrogen-bond acceptors (Lipinski definition) is 3. The van der Waals surface area contributed by atoms with Crippen LogP contribution in [-0.2, 0) is 0 Å². The van der Waals surface area contributed by atoms with E-state index in [1.54, 1.807) is 0 Å². The Hall–Kier alpha value is -0.120. The summed E-state index contributed by atoms with van der Waals surface area (Å²) in [7, 11) is 0. The van der Waals surface area contributed by atoms with Gasteiger partial charge in [0.05, 0.1) is 12.7 Å². The normalized spacial score (nSPS) is 41.5. The molecule has 0 aromatic rings. The highest BCUT2D eigenvalue weighted by atomic mass is 16.3. The topological polar surface area (TPSA) is 43.7 Å². The van der Waals surface area contributed by atoms with Crippen LogP contribution in [0.2, 0.25) is 0 Å². The number of hydrogen-bond donors (Lipinski definition) is 2. The van der Waals surface area contributed by atoms with E-state index in [0.29, 0.717) is 12.1 Å². The molecule has 0 aromatic heterocycles. The maximum absolute atomic E-state index is 9.74. The molecule has 0 amide bonds. The third kappa shape index (κ3) is 1.73. The lowest BCUT2D eigenvalue weighted by Crippen LogP contribution is -2.44. The second kappa shape index (κ2) is 3.95. The number of aliphatic hydroxyl groups excluding tert-OH is 2. The fourth-order valence-corrected chi connectivity index (χ4v) is 2.80. The Bertz CT molecular complexity index is 174. The van der Waals surface area contributed by atoms with Crippen molar-refractivity contribution in [2.24, 2.45) is 0 Å². The summed E-state index contributed by atoms with van der Waals surface area (Å²) < 4.78 is 0. The fourth-order valence-electron chi connectivity index (χ4n) is 2.80. The van der Waals surface area contributed by atoms with Crippen molar-refractivity contribution >= 4 is 0 Å². The Morgan fingerprint density at radius 3 is 2.62 bits per heavy atom. The minimum atomic E-state index is -0.146. The first-order chi connectivity index (χ1) is 6.33.